The Morgan fingerprint density at radius 3 is 2.79 bits per heavy atom. The van der Waals surface area contributed by atoms with Gasteiger partial charge in [-0.2, -0.15) is 5.26 Å². The molecule has 0 saturated heterocycles. The van der Waals surface area contributed by atoms with E-state index in [-0.39, 0.29) is 5.78 Å². The molecule has 1 heterocycles. The normalized spacial score (nSPS) is 20.8. The lowest BCUT2D eigenvalue weighted by Crippen LogP contribution is -2.36. The summed E-state index contributed by atoms with van der Waals surface area (Å²) in [5.74, 6) is 0.536. The van der Waals surface area contributed by atoms with E-state index >= 15 is 0 Å². The minimum Gasteiger partial charge on any atom is -0.495 e. The molecule has 0 spiro atoms. The fraction of sp³-hybridized carbons (Fsp3) is 0.333. The number of nitrogens with zero attached hydrogens (tertiary/aromatic N) is 2. The lowest BCUT2D eigenvalue weighted by Gasteiger charge is -2.37. The van der Waals surface area contributed by atoms with Crippen LogP contribution in [0.4, 0.5) is 0 Å². The van der Waals surface area contributed by atoms with Gasteiger partial charge in [0.1, 0.15) is 11.6 Å². The van der Waals surface area contributed by atoms with Crippen molar-refractivity contribution in [3.8, 4) is 11.8 Å². The lowest BCUT2D eigenvalue weighted by molar-refractivity contribution is -0.116. The van der Waals surface area contributed by atoms with E-state index in [1.807, 2.05) is 6.07 Å². The third kappa shape index (κ3) is 2.44. The van der Waals surface area contributed by atoms with Crippen molar-refractivity contribution in [1.29, 1.82) is 5.26 Å². The van der Waals surface area contributed by atoms with Crippen LogP contribution in [0.2, 0.25) is 5.02 Å². The molecule has 2 N–H and O–H groups in total. The Hall–Kier alpha value is -2.45. The summed E-state index contributed by atoms with van der Waals surface area (Å²) in [5.41, 5.74) is 8.91. The van der Waals surface area contributed by atoms with Gasteiger partial charge in [-0.05, 0) is 30.5 Å². The highest BCUT2D eigenvalue weighted by molar-refractivity contribution is 6.32. The average Bonchev–Trinajstić information content (AvgIpc) is 2.58. The summed E-state index contributed by atoms with van der Waals surface area (Å²) in [6.45, 7) is 0. The van der Waals surface area contributed by atoms with Crippen LogP contribution in [-0.2, 0) is 4.79 Å². The van der Waals surface area contributed by atoms with Gasteiger partial charge >= 0.3 is 0 Å². The van der Waals surface area contributed by atoms with Crippen molar-refractivity contribution in [2.75, 3.05) is 14.2 Å². The predicted octanol–water partition coefficient (Wildman–Crippen LogP) is 3.08. The maximum absolute atomic E-state index is 12.6. The molecule has 2 aliphatic rings. The van der Waals surface area contributed by atoms with Gasteiger partial charge in [-0.1, -0.05) is 17.7 Å². The van der Waals surface area contributed by atoms with Crippen LogP contribution in [0, 0.1) is 11.3 Å². The zero-order chi connectivity index (χ0) is 17.4. The second kappa shape index (κ2) is 6.21. The Labute approximate surface area is 145 Å². The Kier molecular flexibility index (Phi) is 4.25. The number of ketones is 1. The number of carbonyl (C=O) groups is 1. The topological polar surface area (TPSA) is 79.3 Å². The molecule has 1 aliphatic heterocycles. The molecule has 3 rings (SSSR count). The smallest absolute Gasteiger partial charge is 0.161 e. The van der Waals surface area contributed by atoms with Gasteiger partial charge in [0.2, 0.25) is 0 Å². The number of rotatable bonds is 2. The quantitative estimate of drug-likeness (QED) is 0.892. The van der Waals surface area contributed by atoms with Crippen molar-refractivity contribution < 1.29 is 9.53 Å². The number of hydrogen-bond donors (Lipinski definition) is 1. The maximum Gasteiger partial charge on any atom is 0.161 e. The van der Waals surface area contributed by atoms with Crippen LogP contribution in [0.5, 0.6) is 5.75 Å². The maximum atomic E-state index is 12.6. The Morgan fingerprint density at radius 1 is 1.42 bits per heavy atom. The fourth-order valence-electron chi connectivity index (χ4n) is 3.46. The zero-order valence-electron chi connectivity index (χ0n) is 13.6. The van der Waals surface area contributed by atoms with E-state index in [4.69, 9.17) is 22.1 Å². The molecule has 1 aromatic rings. The molecule has 24 heavy (non-hydrogen) atoms. The number of Topliss-reactive ketones (excluding diaryl/α,β-unsaturated/α-hetero) is 1. The molecule has 0 saturated carbocycles. The first-order valence-corrected chi connectivity index (χ1v) is 8.10. The molecule has 124 valence electrons. The standard InChI is InChI=1S/C18H18ClN3O2/c1-22-13-4-3-5-14(23)17(13)16(11(9-20)18(22)21)10-6-7-15(24-2)12(19)8-10/h6-8,16H,3-5,21H2,1-2H3/t16-/m0/s1. The summed E-state index contributed by atoms with van der Waals surface area (Å²) in [6, 6.07) is 7.51. The van der Waals surface area contributed by atoms with Gasteiger partial charge in [0.05, 0.1) is 29.7 Å². The highest BCUT2D eigenvalue weighted by Gasteiger charge is 2.38. The van der Waals surface area contributed by atoms with Crippen LogP contribution in [0.3, 0.4) is 0 Å². The van der Waals surface area contributed by atoms with E-state index in [0.29, 0.717) is 34.2 Å². The van der Waals surface area contributed by atoms with E-state index in [1.54, 1.807) is 31.2 Å². The van der Waals surface area contributed by atoms with Gasteiger partial charge in [0.25, 0.3) is 0 Å². The van der Waals surface area contributed by atoms with Crippen molar-refractivity contribution >= 4 is 17.4 Å². The molecule has 1 aliphatic carbocycles. The summed E-state index contributed by atoms with van der Waals surface area (Å²) < 4.78 is 5.19. The van der Waals surface area contributed by atoms with Crippen molar-refractivity contribution in [2.45, 2.75) is 25.2 Å². The van der Waals surface area contributed by atoms with Gasteiger partial charge in [-0.25, -0.2) is 0 Å². The Balaban J connectivity index is 2.21. The third-order valence-electron chi connectivity index (χ3n) is 4.68. The summed E-state index contributed by atoms with van der Waals surface area (Å²) in [6.07, 6.45) is 2.07. The zero-order valence-corrected chi connectivity index (χ0v) is 14.4. The van der Waals surface area contributed by atoms with Gasteiger partial charge in [0.15, 0.2) is 5.78 Å². The van der Waals surface area contributed by atoms with E-state index in [2.05, 4.69) is 6.07 Å². The van der Waals surface area contributed by atoms with Crippen molar-refractivity contribution in [1.82, 2.24) is 4.90 Å². The number of ether oxygens (including phenoxy) is 1. The fourth-order valence-corrected chi connectivity index (χ4v) is 3.72. The number of nitriles is 1. The molecule has 0 aromatic heterocycles. The second-order valence-corrected chi connectivity index (χ2v) is 6.34. The summed E-state index contributed by atoms with van der Waals surface area (Å²) >= 11 is 6.25. The summed E-state index contributed by atoms with van der Waals surface area (Å²) in [5, 5.41) is 10.1. The van der Waals surface area contributed by atoms with E-state index < -0.39 is 5.92 Å². The van der Waals surface area contributed by atoms with E-state index in [9.17, 15) is 10.1 Å². The van der Waals surface area contributed by atoms with Crippen LogP contribution >= 0.6 is 11.6 Å². The molecule has 1 atom stereocenters. The van der Waals surface area contributed by atoms with Crippen LogP contribution in [-0.4, -0.2) is 24.8 Å². The SMILES string of the molecule is COc1ccc([C@H]2C(C#N)=C(N)N(C)C3=C2C(=O)CCC3)cc1Cl. The van der Waals surface area contributed by atoms with Crippen molar-refractivity contribution in [2.24, 2.45) is 5.73 Å². The molecule has 0 radical (unpaired) electrons. The molecular formula is C18H18ClN3O2. The first-order valence-electron chi connectivity index (χ1n) is 7.72. The third-order valence-corrected chi connectivity index (χ3v) is 4.97. The molecule has 0 amide bonds. The van der Waals surface area contributed by atoms with Gasteiger partial charge in [-0.3, -0.25) is 4.79 Å². The number of hydrogen-bond acceptors (Lipinski definition) is 5. The van der Waals surface area contributed by atoms with E-state index in [0.717, 1.165) is 24.1 Å². The van der Waals surface area contributed by atoms with Gasteiger partial charge in [0, 0.05) is 24.7 Å². The molecule has 1 aromatic carbocycles. The van der Waals surface area contributed by atoms with Crippen molar-refractivity contribution in [3.05, 3.63) is 51.4 Å². The molecular weight excluding hydrogens is 326 g/mol. The first-order chi connectivity index (χ1) is 11.5. The average molecular weight is 344 g/mol. The van der Waals surface area contributed by atoms with Crippen LogP contribution in [0.1, 0.15) is 30.7 Å². The second-order valence-electron chi connectivity index (χ2n) is 5.93. The minimum absolute atomic E-state index is 0.0697. The number of benzene rings is 1. The van der Waals surface area contributed by atoms with Crippen LogP contribution in [0.15, 0.2) is 40.9 Å². The number of halogens is 1. The Morgan fingerprint density at radius 2 is 2.17 bits per heavy atom. The molecule has 0 fully saturated rings. The molecule has 0 unspecified atom stereocenters. The summed E-state index contributed by atoms with van der Waals surface area (Å²) in [4.78, 5) is 14.4. The van der Waals surface area contributed by atoms with Gasteiger partial charge in [-0.15, -0.1) is 0 Å². The highest BCUT2D eigenvalue weighted by Crippen LogP contribution is 2.45. The van der Waals surface area contributed by atoms with Crippen molar-refractivity contribution in [3.63, 3.8) is 0 Å². The monoisotopic (exact) mass is 343 g/mol. The number of allylic oxidation sites excluding steroid dienone is 3. The minimum atomic E-state index is -0.475. The number of nitrogens with two attached hydrogens (primary N) is 1. The van der Waals surface area contributed by atoms with Crippen LogP contribution < -0.4 is 10.5 Å². The molecule has 5 nitrogen and oxygen atoms in total. The lowest BCUT2D eigenvalue weighted by atomic mass is 9.76. The van der Waals surface area contributed by atoms with Gasteiger partial charge < -0.3 is 15.4 Å². The predicted molar refractivity (Wildman–Crippen MR) is 91.2 cm³/mol. The van der Waals surface area contributed by atoms with E-state index in [1.165, 1.54) is 0 Å². The Bertz CT molecular complexity index is 820. The highest BCUT2D eigenvalue weighted by atomic mass is 35.5. The largest absolute Gasteiger partial charge is 0.495 e. The molecule has 6 heteroatoms. The molecule has 0 bridgehead atoms. The van der Waals surface area contributed by atoms with Crippen LogP contribution in [0.25, 0.3) is 0 Å². The first kappa shape index (κ1) is 16.4. The number of methoxy groups -OCH3 is 1. The summed E-state index contributed by atoms with van der Waals surface area (Å²) in [7, 11) is 3.35. The number of carbonyl (C=O) groups excluding carboxylic acids is 1.